The number of anilines is 1. The highest BCUT2D eigenvalue weighted by Gasteiger charge is 2.33. The second-order valence-electron chi connectivity index (χ2n) is 4.48. The fourth-order valence-corrected chi connectivity index (χ4v) is 2.20. The molecule has 0 spiro atoms. The third-order valence-electron chi connectivity index (χ3n) is 2.66. The highest BCUT2D eigenvalue weighted by molar-refractivity contribution is 9.10. The van der Waals surface area contributed by atoms with E-state index in [0.29, 0.717) is 6.54 Å². The van der Waals surface area contributed by atoms with Crippen LogP contribution in [-0.4, -0.2) is 18.2 Å². The number of cyclic esters (lactones) is 1. The van der Waals surface area contributed by atoms with E-state index in [1.807, 2.05) is 38.1 Å². The molecule has 0 unspecified atom stereocenters. The average Bonchev–Trinajstić information content (AvgIpc) is 2.18. The average molecular weight is 284 g/mol. The number of carbonyl (C=O) groups excluding carboxylic acids is 1. The third kappa shape index (κ3) is 2.21. The maximum Gasteiger partial charge on any atom is 0.414 e. The number of rotatable bonds is 1. The minimum Gasteiger partial charge on any atom is -0.443 e. The van der Waals surface area contributed by atoms with Crippen molar-refractivity contribution < 1.29 is 9.53 Å². The first kappa shape index (κ1) is 11.5. The Balaban J connectivity index is 2.24. The highest BCUT2D eigenvalue weighted by Crippen LogP contribution is 2.31. The van der Waals surface area contributed by atoms with Crippen molar-refractivity contribution in [2.75, 3.05) is 11.4 Å². The summed E-state index contributed by atoms with van der Waals surface area (Å²) in [6.45, 7) is 4.55. The van der Waals surface area contributed by atoms with Gasteiger partial charge in [-0.1, -0.05) is 12.1 Å². The van der Waals surface area contributed by atoms with Crippen LogP contribution in [0.4, 0.5) is 10.5 Å². The van der Waals surface area contributed by atoms with E-state index in [0.717, 1.165) is 16.6 Å². The molecular formula is C12H14BrNO2. The molecule has 0 radical (unpaired) electrons. The zero-order valence-electron chi connectivity index (χ0n) is 9.37. The predicted molar refractivity (Wildman–Crippen MR) is 66.7 cm³/mol. The van der Waals surface area contributed by atoms with Crippen LogP contribution in [0.25, 0.3) is 0 Å². The summed E-state index contributed by atoms with van der Waals surface area (Å²) in [6.07, 6.45) is 0.559. The lowest BCUT2D eigenvalue weighted by Gasteiger charge is -2.36. The Morgan fingerprint density at radius 3 is 2.69 bits per heavy atom. The van der Waals surface area contributed by atoms with E-state index in [1.165, 1.54) is 0 Å². The summed E-state index contributed by atoms with van der Waals surface area (Å²) < 4.78 is 6.27. The van der Waals surface area contributed by atoms with Crippen molar-refractivity contribution in [3.05, 3.63) is 28.7 Å². The number of hydrogen-bond donors (Lipinski definition) is 0. The van der Waals surface area contributed by atoms with Gasteiger partial charge in [-0.2, -0.15) is 0 Å². The van der Waals surface area contributed by atoms with Gasteiger partial charge >= 0.3 is 6.09 Å². The lowest BCUT2D eigenvalue weighted by Crippen LogP contribution is -2.46. The molecule has 86 valence electrons. The van der Waals surface area contributed by atoms with Crippen LogP contribution in [0.5, 0.6) is 0 Å². The first-order valence-electron chi connectivity index (χ1n) is 5.25. The maximum atomic E-state index is 11.8. The molecule has 0 aromatic heterocycles. The molecule has 1 aromatic carbocycles. The standard InChI is InChI=1S/C12H14BrNO2/c1-12(2)7-8-14(11(15)16-12)10-6-4-3-5-9(10)13/h3-6H,7-8H2,1-2H3. The Hall–Kier alpha value is -1.03. The molecule has 0 bridgehead atoms. The van der Waals surface area contributed by atoms with Gasteiger partial charge in [0.2, 0.25) is 0 Å². The molecule has 4 heteroatoms. The van der Waals surface area contributed by atoms with E-state index in [9.17, 15) is 4.79 Å². The maximum absolute atomic E-state index is 11.8. The van der Waals surface area contributed by atoms with Crippen LogP contribution in [0, 0.1) is 0 Å². The fourth-order valence-electron chi connectivity index (χ4n) is 1.70. The summed E-state index contributed by atoms with van der Waals surface area (Å²) in [5.41, 5.74) is 0.512. The van der Waals surface area contributed by atoms with E-state index in [2.05, 4.69) is 15.9 Å². The Labute approximate surface area is 104 Å². The molecule has 0 saturated carbocycles. The molecule has 0 atom stereocenters. The molecule has 2 rings (SSSR count). The van der Waals surface area contributed by atoms with E-state index in [-0.39, 0.29) is 11.7 Å². The molecule has 1 aromatic rings. The van der Waals surface area contributed by atoms with Gasteiger partial charge in [0.25, 0.3) is 0 Å². The normalized spacial score (nSPS) is 19.4. The molecule has 1 fully saturated rings. The quantitative estimate of drug-likeness (QED) is 0.789. The first-order chi connectivity index (χ1) is 7.49. The number of ether oxygens (including phenoxy) is 1. The van der Waals surface area contributed by atoms with Crippen molar-refractivity contribution in [3.63, 3.8) is 0 Å². The van der Waals surface area contributed by atoms with Crippen molar-refractivity contribution in [2.24, 2.45) is 0 Å². The number of amides is 1. The molecular weight excluding hydrogens is 270 g/mol. The molecule has 1 amide bonds. The Morgan fingerprint density at radius 2 is 2.06 bits per heavy atom. The smallest absolute Gasteiger partial charge is 0.414 e. The van der Waals surface area contributed by atoms with Gasteiger partial charge in [-0.3, -0.25) is 4.90 Å². The van der Waals surface area contributed by atoms with E-state index >= 15 is 0 Å². The molecule has 0 N–H and O–H groups in total. The molecule has 0 aliphatic carbocycles. The monoisotopic (exact) mass is 283 g/mol. The van der Waals surface area contributed by atoms with E-state index in [4.69, 9.17) is 4.74 Å². The van der Waals surface area contributed by atoms with Crippen LogP contribution >= 0.6 is 15.9 Å². The molecule has 1 aliphatic rings. The summed E-state index contributed by atoms with van der Waals surface area (Å²) in [7, 11) is 0. The summed E-state index contributed by atoms with van der Waals surface area (Å²) in [5, 5.41) is 0. The second kappa shape index (κ2) is 4.09. The van der Waals surface area contributed by atoms with Crippen LogP contribution in [-0.2, 0) is 4.74 Å². The summed E-state index contributed by atoms with van der Waals surface area (Å²) in [5.74, 6) is 0. The number of halogens is 1. The van der Waals surface area contributed by atoms with Crippen molar-refractivity contribution in [1.29, 1.82) is 0 Å². The van der Waals surface area contributed by atoms with Crippen molar-refractivity contribution in [3.8, 4) is 0 Å². The minimum atomic E-state index is -0.352. The number of para-hydroxylation sites is 1. The SMILES string of the molecule is CC1(C)CCN(c2ccccc2Br)C(=O)O1. The minimum absolute atomic E-state index is 0.275. The Bertz CT molecular complexity index is 417. The number of hydrogen-bond acceptors (Lipinski definition) is 2. The van der Waals surface area contributed by atoms with Crippen molar-refractivity contribution in [2.45, 2.75) is 25.9 Å². The van der Waals surface area contributed by atoms with E-state index < -0.39 is 0 Å². The van der Waals surface area contributed by atoms with Gasteiger partial charge in [-0.05, 0) is 41.9 Å². The van der Waals surface area contributed by atoms with Gasteiger partial charge in [-0.15, -0.1) is 0 Å². The van der Waals surface area contributed by atoms with Crippen LogP contribution in [0.2, 0.25) is 0 Å². The predicted octanol–water partition coefficient (Wildman–Crippen LogP) is 3.57. The van der Waals surface area contributed by atoms with Gasteiger partial charge in [0.05, 0.1) is 5.69 Å². The molecule has 3 nitrogen and oxygen atoms in total. The topological polar surface area (TPSA) is 29.5 Å². The summed E-state index contributed by atoms with van der Waals surface area (Å²) in [4.78, 5) is 13.5. The van der Waals surface area contributed by atoms with E-state index in [1.54, 1.807) is 4.90 Å². The lowest BCUT2D eigenvalue weighted by molar-refractivity contribution is 0.0236. The largest absolute Gasteiger partial charge is 0.443 e. The highest BCUT2D eigenvalue weighted by atomic mass is 79.9. The van der Waals surface area contributed by atoms with Crippen molar-refractivity contribution >= 4 is 27.7 Å². The van der Waals surface area contributed by atoms with Crippen LogP contribution in [0.1, 0.15) is 20.3 Å². The van der Waals surface area contributed by atoms with Crippen molar-refractivity contribution in [1.82, 2.24) is 0 Å². The second-order valence-corrected chi connectivity index (χ2v) is 5.34. The summed E-state index contributed by atoms with van der Waals surface area (Å²) >= 11 is 3.44. The fraction of sp³-hybridized carbons (Fsp3) is 0.417. The number of carbonyl (C=O) groups is 1. The van der Waals surface area contributed by atoms with Gasteiger partial charge < -0.3 is 4.74 Å². The van der Waals surface area contributed by atoms with Gasteiger partial charge in [0.15, 0.2) is 0 Å². The first-order valence-corrected chi connectivity index (χ1v) is 6.04. The molecule has 1 heterocycles. The Kier molecular flexibility index (Phi) is 2.93. The zero-order chi connectivity index (χ0) is 11.8. The number of nitrogens with zero attached hydrogens (tertiary/aromatic N) is 1. The molecule has 1 aliphatic heterocycles. The number of benzene rings is 1. The van der Waals surface area contributed by atoms with Gasteiger partial charge in [-0.25, -0.2) is 4.79 Å². The van der Waals surface area contributed by atoms with Crippen LogP contribution in [0.3, 0.4) is 0 Å². The van der Waals surface area contributed by atoms with Crippen LogP contribution < -0.4 is 4.90 Å². The Morgan fingerprint density at radius 1 is 1.38 bits per heavy atom. The van der Waals surface area contributed by atoms with Crippen LogP contribution in [0.15, 0.2) is 28.7 Å². The zero-order valence-corrected chi connectivity index (χ0v) is 11.0. The third-order valence-corrected chi connectivity index (χ3v) is 3.34. The molecule has 16 heavy (non-hydrogen) atoms. The lowest BCUT2D eigenvalue weighted by atomic mass is 10.0. The molecule has 1 saturated heterocycles. The van der Waals surface area contributed by atoms with Gasteiger partial charge in [0, 0.05) is 17.4 Å². The summed E-state index contributed by atoms with van der Waals surface area (Å²) in [6, 6.07) is 7.66. The van der Waals surface area contributed by atoms with Gasteiger partial charge in [0.1, 0.15) is 5.60 Å².